The number of ether oxygens (including phenoxy) is 1. The summed E-state index contributed by atoms with van der Waals surface area (Å²) in [5, 5.41) is 10.1. The van der Waals surface area contributed by atoms with E-state index in [1.807, 2.05) is 4.90 Å². The molecule has 0 spiro atoms. The molecule has 3 heterocycles. The summed E-state index contributed by atoms with van der Waals surface area (Å²) in [5.41, 5.74) is 2.93. The normalized spacial score (nSPS) is 20.8. The molecule has 1 aliphatic carbocycles. The lowest BCUT2D eigenvalue weighted by Crippen LogP contribution is -2.38. The highest BCUT2D eigenvalue weighted by Crippen LogP contribution is 2.41. The minimum absolute atomic E-state index is 0.0427. The zero-order valence-electron chi connectivity index (χ0n) is 16.9. The molecule has 0 bridgehead atoms. The van der Waals surface area contributed by atoms with Gasteiger partial charge in [-0.1, -0.05) is 19.3 Å². The number of benzene rings is 1. The summed E-state index contributed by atoms with van der Waals surface area (Å²) in [6, 6.07) is 1.33. The van der Waals surface area contributed by atoms with Crippen molar-refractivity contribution in [2.75, 3.05) is 36.6 Å². The maximum Gasteiger partial charge on any atom is 0.341 e. The van der Waals surface area contributed by atoms with Crippen molar-refractivity contribution in [2.24, 2.45) is 4.99 Å². The first kappa shape index (κ1) is 20.3. The first-order valence-corrected chi connectivity index (χ1v) is 11.3. The van der Waals surface area contributed by atoms with E-state index in [1.54, 1.807) is 0 Å². The average Bonchev–Trinajstić information content (AvgIpc) is 2.77. The number of amidine groups is 1. The van der Waals surface area contributed by atoms with E-state index in [9.17, 15) is 14.7 Å². The number of thioether (sulfide) groups is 1. The fourth-order valence-electron chi connectivity index (χ4n) is 4.49. The molecule has 5 rings (SSSR count). The summed E-state index contributed by atoms with van der Waals surface area (Å²) in [6.07, 6.45) is 6.73. The summed E-state index contributed by atoms with van der Waals surface area (Å²) in [7, 11) is 0. The third-order valence-electron chi connectivity index (χ3n) is 6.02. The average molecular weight is 447 g/mol. The molecule has 3 aliphatic rings. The van der Waals surface area contributed by atoms with Gasteiger partial charge in [0.25, 0.3) is 0 Å². The van der Waals surface area contributed by atoms with E-state index in [1.165, 1.54) is 29.1 Å². The molecule has 2 N–H and O–H groups in total. The Hall–Kier alpha value is -2.59. The SMILES string of the molecule is O=C(O)c1cn2c3c(c(N4CCOCC4)c(F)cc3c1=O)SC(=NC1CCCCC1)N2. The van der Waals surface area contributed by atoms with Crippen LogP contribution in [0.5, 0.6) is 0 Å². The summed E-state index contributed by atoms with van der Waals surface area (Å²) >= 11 is 1.31. The second kappa shape index (κ2) is 8.16. The van der Waals surface area contributed by atoms with Crippen molar-refractivity contribution in [3.63, 3.8) is 0 Å². The number of pyridine rings is 1. The maximum atomic E-state index is 15.4. The molecule has 10 heteroatoms. The number of nitrogens with zero attached hydrogens (tertiary/aromatic N) is 3. The Morgan fingerprint density at radius 2 is 2.00 bits per heavy atom. The minimum Gasteiger partial charge on any atom is -0.477 e. The number of rotatable bonds is 3. The van der Waals surface area contributed by atoms with Gasteiger partial charge in [0.2, 0.25) is 5.43 Å². The Balaban J connectivity index is 1.70. The van der Waals surface area contributed by atoms with Gasteiger partial charge in [0.15, 0.2) is 5.17 Å². The molecule has 1 saturated heterocycles. The number of morpholine rings is 1. The van der Waals surface area contributed by atoms with Crippen molar-refractivity contribution in [1.82, 2.24) is 4.68 Å². The highest BCUT2D eigenvalue weighted by molar-refractivity contribution is 8.14. The number of nitrogens with one attached hydrogen (secondary N) is 1. The van der Waals surface area contributed by atoms with Gasteiger partial charge in [-0.3, -0.25) is 19.9 Å². The minimum atomic E-state index is -1.35. The molecule has 1 aromatic heterocycles. The fourth-order valence-corrected chi connectivity index (χ4v) is 5.66. The monoisotopic (exact) mass is 446 g/mol. The molecule has 0 amide bonds. The number of hydrogen-bond donors (Lipinski definition) is 2. The highest BCUT2D eigenvalue weighted by Gasteiger charge is 2.30. The molecule has 2 aliphatic heterocycles. The van der Waals surface area contributed by atoms with Crippen LogP contribution in [0.3, 0.4) is 0 Å². The lowest BCUT2D eigenvalue weighted by molar-refractivity contribution is 0.0695. The third-order valence-corrected chi connectivity index (χ3v) is 7.00. The van der Waals surface area contributed by atoms with E-state index >= 15 is 4.39 Å². The van der Waals surface area contributed by atoms with Crippen molar-refractivity contribution < 1.29 is 19.0 Å². The second-order valence-electron chi connectivity index (χ2n) is 8.02. The molecule has 2 fully saturated rings. The van der Waals surface area contributed by atoms with Crippen LogP contribution in [0.15, 0.2) is 26.9 Å². The predicted octanol–water partition coefficient (Wildman–Crippen LogP) is 3.01. The third kappa shape index (κ3) is 3.67. The van der Waals surface area contributed by atoms with Crippen LogP contribution in [-0.2, 0) is 4.74 Å². The lowest BCUT2D eigenvalue weighted by atomic mass is 9.96. The largest absolute Gasteiger partial charge is 0.477 e. The van der Waals surface area contributed by atoms with Gasteiger partial charge in [0.05, 0.1) is 40.7 Å². The number of carbonyl (C=O) groups is 1. The number of aliphatic imine (C=N–C) groups is 1. The molecule has 31 heavy (non-hydrogen) atoms. The zero-order chi connectivity index (χ0) is 21.5. The Labute approximate surface area is 182 Å². The number of carboxylic acid groups (broad SMARTS) is 1. The van der Waals surface area contributed by atoms with Gasteiger partial charge in [0, 0.05) is 19.3 Å². The van der Waals surface area contributed by atoms with E-state index in [0.717, 1.165) is 31.7 Å². The van der Waals surface area contributed by atoms with Crippen LogP contribution in [0.1, 0.15) is 42.5 Å². The number of carboxylic acids is 1. The molecule has 1 saturated carbocycles. The highest BCUT2D eigenvalue weighted by atomic mass is 32.2. The van der Waals surface area contributed by atoms with Crippen molar-refractivity contribution >= 4 is 39.5 Å². The smallest absolute Gasteiger partial charge is 0.341 e. The maximum absolute atomic E-state index is 15.4. The zero-order valence-corrected chi connectivity index (χ0v) is 17.7. The molecule has 8 nitrogen and oxygen atoms in total. The molecular weight excluding hydrogens is 423 g/mol. The van der Waals surface area contributed by atoms with Crippen LogP contribution in [0.25, 0.3) is 10.9 Å². The standard InChI is InChI=1S/C21H23FN4O4S/c22-15-10-13-16-19(17(15)25-6-8-30-9-7-25)31-21(23-12-4-2-1-3-5-12)24-26(16)11-14(18(13)27)20(28)29/h10-12H,1-9H2,(H,23,24)(H,28,29). The Bertz CT molecular complexity index is 1140. The van der Waals surface area contributed by atoms with Crippen molar-refractivity contribution in [2.45, 2.75) is 43.0 Å². The van der Waals surface area contributed by atoms with Gasteiger partial charge in [-0.15, -0.1) is 0 Å². The molecule has 0 radical (unpaired) electrons. The van der Waals surface area contributed by atoms with Gasteiger partial charge in [-0.25, -0.2) is 9.18 Å². The number of aromatic nitrogens is 1. The van der Waals surface area contributed by atoms with Crippen LogP contribution in [-0.4, -0.2) is 53.3 Å². The lowest BCUT2D eigenvalue weighted by Gasteiger charge is -2.33. The molecule has 0 unspecified atom stereocenters. The van der Waals surface area contributed by atoms with Gasteiger partial charge in [-0.05, 0) is 30.7 Å². The molecular formula is C21H23FN4O4S. The predicted molar refractivity (Wildman–Crippen MR) is 118 cm³/mol. The van der Waals surface area contributed by atoms with Gasteiger partial charge < -0.3 is 14.7 Å². The Morgan fingerprint density at radius 3 is 2.71 bits per heavy atom. The quantitative estimate of drug-likeness (QED) is 0.748. The van der Waals surface area contributed by atoms with E-state index in [0.29, 0.717) is 47.6 Å². The van der Waals surface area contributed by atoms with E-state index in [4.69, 9.17) is 9.73 Å². The first-order chi connectivity index (χ1) is 15.0. The van der Waals surface area contributed by atoms with Crippen molar-refractivity contribution in [3.8, 4) is 0 Å². The van der Waals surface area contributed by atoms with Gasteiger partial charge in [-0.2, -0.15) is 0 Å². The van der Waals surface area contributed by atoms with E-state index < -0.39 is 22.8 Å². The Kier molecular flexibility index (Phi) is 5.35. The molecule has 1 aromatic carbocycles. The number of anilines is 1. The number of hydrogen-bond acceptors (Lipinski definition) is 6. The number of halogens is 1. The van der Waals surface area contributed by atoms with Crippen molar-refractivity contribution in [3.05, 3.63) is 33.9 Å². The van der Waals surface area contributed by atoms with Gasteiger partial charge in [0.1, 0.15) is 11.4 Å². The second-order valence-corrected chi connectivity index (χ2v) is 9.02. The number of aromatic carboxylic acids is 1. The van der Waals surface area contributed by atoms with Gasteiger partial charge >= 0.3 is 5.97 Å². The first-order valence-electron chi connectivity index (χ1n) is 10.5. The van der Waals surface area contributed by atoms with Crippen molar-refractivity contribution in [1.29, 1.82) is 0 Å². The van der Waals surface area contributed by atoms with E-state index in [2.05, 4.69) is 5.43 Å². The molecule has 0 atom stereocenters. The summed E-state index contributed by atoms with van der Waals surface area (Å²) < 4.78 is 22.3. The topological polar surface area (TPSA) is 96.2 Å². The Morgan fingerprint density at radius 1 is 1.26 bits per heavy atom. The molecule has 164 valence electrons. The van der Waals surface area contributed by atoms with Crippen LogP contribution >= 0.6 is 11.8 Å². The summed E-state index contributed by atoms with van der Waals surface area (Å²) in [6.45, 7) is 2.06. The summed E-state index contributed by atoms with van der Waals surface area (Å²) in [4.78, 5) is 31.8. The van der Waals surface area contributed by atoms with Crippen LogP contribution in [0.4, 0.5) is 10.1 Å². The fraction of sp³-hybridized carbons (Fsp3) is 0.476. The van der Waals surface area contributed by atoms with Crippen LogP contribution < -0.4 is 15.8 Å². The van der Waals surface area contributed by atoms with E-state index in [-0.39, 0.29) is 11.4 Å². The summed E-state index contributed by atoms with van der Waals surface area (Å²) in [5.74, 6) is -1.89. The van der Waals surface area contributed by atoms with Crippen LogP contribution in [0, 0.1) is 5.82 Å². The molecule has 2 aromatic rings. The van der Waals surface area contributed by atoms with Crippen LogP contribution in [0.2, 0.25) is 0 Å².